The molecule has 0 unspecified atom stereocenters. The summed E-state index contributed by atoms with van der Waals surface area (Å²) in [6.45, 7) is 0. The van der Waals surface area contributed by atoms with E-state index in [2.05, 4.69) is 25.5 Å². The van der Waals surface area contributed by atoms with Gasteiger partial charge >= 0.3 is 0 Å². The van der Waals surface area contributed by atoms with Gasteiger partial charge < -0.3 is 0 Å². The maximum atomic E-state index is 10.5. The van der Waals surface area contributed by atoms with Crippen molar-refractivity contribution in [2.45, 2.75) is 42.0 Å². The molecule has 0 aromatic carbocycles. The number of aldehydes is 1. The molecule has 0 bridgehead atoms. The fourth-order valence-electron chi connectivity index (χ4n) is 2.15. The Balaban J connectivity index is 1.78. The van der Waals surface area contributed by atoms with Gasteiger partial charge in [-0.25, -0.2) is 14.6 Å². The maximum absolute atomic E-state index is 10.5. The number of tetrazole rings is 1. The summed E-state index contributed by atoms with van der Waals surface area (Å²) < 4.78 is 1.86. The average Bonchev–Trinajstić information content (AvgIpc) is 3.10. The van der Waals surface area contributed by atoms with Crippen LogP contribution in [-0.4, -0.2) is 36.5 Å². The van der Waals surface area contributed by atoms with Gasteiger partial charge in [0.1, 0.15) is 0 Å². The Kier molecular flexibility index (Phi) is 3.49. The molecule has 3 rings (SSSR count). The van der Waals surface area contributed by atoms with Gasteiger partial charge in [-0.1, -0.05) is 12.8 Å². The van der Waals surface area contributed by atoms with Crippen LogP contribution in [0.5, 0.6) is 0 Å². The van der Waals surface area contributed by atoms with Gasteiger partial charge in [-0.15, -0.1) is 5.10 Å². The smallest absolute Gasteiger partial charge is 0.217 e. The molecule has 7 nitrogen and oxygen atoms in total. The summed E-state index contributed by atoms with van der Waals surface area (Å²) in [5, 5.41) is 13.0. The van der Waals surface area contributed by atoms with Gasteiger partial charge in [0.25, 0.3) is 0 Å². The average molecular weight is 276 g/mol. The Labute approximate surface area is 113 Å². The third-order valence-corrected chi connectivity index (χ3v) is 3.94. The molecule has 1 fully saturated rings. The van der Waals surface area contributed by atoms with Crippen molar-refractivity contribution in [1.29, 1.82) is 0 Å². The van der Waals surface area contributed by atoms with Gasteiger partial charge in [0, 0.05) is 12.4 Å². The molecule has 0 N–H and O–H groups in total. The van der Waals surface area contributed by atoms with E-state index < -0.39 is 0 Å². The predicted molar refractivity (Wildman–Crippen MR) is 66.9 cm³/mol. The van der Waals surface area contributed by atoms with Crippen molar-refractivity contribution in [1.82, 2.24) is 30.2 Å². The van der Waals surface area contributed by atoms with Crippen molar-refractivity contribution in [3.05, 3.63) is 18.0 Å². The van der Waals surface area contributed by atoms with Crippen LogP contribution >= 0.6 is 11.8 Å². The van der Waals surface area contributed by atoms with Crippen LogP contribution in [0.3, 0.4) is 0 Å². The van der Waals surface area contributed by atoms with Crippen LogP contribution in [0.4, 0.5) is 0 Å². The van der Waals surface area contributed by atoms with E-state index in [0.29, 0.717) is 21.9 Å². The fourth-order valence-corrected chi connectivity index (χ4v) is 2.88. The van der Waals surface area contributed by atoms with Crippen molar-refractivity contribution >= 4 is 18.0 Å². The first kappa shape index (κ1) is 12.2. The third-order valence-electron chi connectivity index (χ3n) is 3.10. The predicted octanol–water partition coefficient (Wildman–Crippen LogP) is 1.54. The minimum atomic E-state index is 0.381. The number of rotatable bonds is 4. The summed E-state index contributed by atoms with van der Waals surface area (Å²) in [6.07, 6.45) is 8.38. The second kappa shape index (κ2) is 5.43. The van der Waals surface area contributed by atoms with Crippen LogP contribution in [0.25, 0.3) is 0 Å². The topological polar surface area (TPSA) is 86.5 Å². The molecule has 0 amide bonds. The number of carbonyl (C=O) groups is 1. The molecule has 98 valence electrons. The lowest BCUT2D eigenvalue weighted by Gasteiger charge is -2.09. The highest BCUT2D eigenvalue weighted by molar-refractivity contribution is 7.99. The first-order chi connectivity index (χ1) is 9.36. The van der Waals surface area contributed by atoms with Crippen LogP contribution in [0.2, 0.25) is 0 Å². The van der Waals surface area contributed by atoms with E-state index in [1.54, 1.807) is 0 Å². The van der Waals surface area contributed by atoms with Crippen molar-refractivity contribution in [2.24, 2.45) is 0 Å². The zero-order chi connectivity index (χ0) is 13.1. The molecule has 0 saturated heterocycles. The van der Waals surface area contributed by atoms with E-state index in [-0.39, 0.29) is 0 Å². The van der Waals surface area contributed by atoms with Crippen molar-refractivity contribution in [3.63, 3.8) is 0 Å². The van der Waals surface area contributed by atoms with E-state index in [1.165, 1.54) is 37.0 Å². The maximum Gasteiger partial charge on any atom is 0.217 e. The van der Waals surface area contributed by atoms with Crippen molar-refractivity contribution in [2.75, 3.05) is 0 Å². The van der Waals surface area contributed by atoms with Gasteiger partial charge in [-0.2, -0.15) is 0 Å². The molecule has 19 heavy (non-hydrogen) atoms. The largest absolute Gasteiger partial charge is 0.298 e. The molecule has 2 aromatic rings. The Morgan fingerprint density at radius 1 is 1.26 bits per heavy atom. The van der Waals surface area contributed by atoms with E-state index in [9.17, 15) is 4.79 Å². The highest BCUT2D eigenvalue weighted by Crippen LogP contribution is 2.32. The molecule has 2 aromatic heterocycles. The molecule has 0 aliphatic heterocycles. The van der Waals surface area contributed by atoms with Crippen LogP contribution in [0, 0.1) is 0 Å². The molecule has 1 aliphatic carbocycles. The molecule has 1 saturated carbocycles. The van der Waals surface area contributed by atoms with E-state index in [1.807, 2.05) is 4.68 Å². The lowest BCUT2D eigenvalue weighted by molar-refractivity contribution is 0.112. The molecule has 0 spiro atoms. The molecular formula is C11H12N6OS. The van der Waals surface area contributed by atoms with Gasteiger partial charge in [0.05, 0.1) is 11.6 Å². The minimum Gasteiger partial charge on any atom is -0.298 e. The highest BCUT2D eigenvalue weighted by Gasteiger charge is 2.22. The van der Waals surface area contributed by atoms with E-state index >= 15 is 0 Å². The van der Waals surface area contributed by atoms with E-state index in [0.717, 1.165) is 19.1 Å². The van der Waals surface area contributed by atoms with Crippen molar-refractivity contribution < 1.29 is 4.79 Å². The monoisotopic (exact) mass is 276 g/mol. The number of aromatic nitrogens is 6. The Morgan fingerprint density at radius 3 is 2.68 bits per heavy atom. The molecule has 2 heterocycles. The van der Waals surface area contributed by atoms with Gasteiger partial charge in [-0.3, -0.25) is 4.79 Å². The molecule has 0 atom stereocenters. The normalized spacial score (nSPS) is 15.8. The summed E-state index contributed by atoms with van der Waals surface area (Å²) in [7, 11) is 0. The van der Waals surface area contributed by atoms with Gasteiger partial charge in [-0.05, 0) is 35.0 Å². The van der Waals surface area contributed by atoms with Crippen molar-refractivity contribution in [3.8, 4) is 0 Å². The minimum absolute atomic E-state index is 0.381. The molecule has 0 radical (unpaired) electrons. The first-order valence-corrected chi connectivity index (χ1v) is 6.91. The standard InChI is InChI=1S/C11H12N6OS/c18-7-8-5-12-10(13-6-8)19-11-14-15-16-17(11)9-3-1-2-4-9/h5-7,9H,1-4H2. The molecular weight excluding hydrogens is 264 g/mol. The Bertz CT molecular complexity index is 563. The summed E-state index contributed by atoms with van der Waals surface area (Å²) in [6, 6.07) is 0.381. The van der Waals surface area contributed by atoms with Crippen LogP contribution in [-0.2, 0) is 0 Å². The second-order valence-electron chi connectivity index (χ2n) is 4.36. The molecule has 8 heteroatoms. The summed E-state index contributed by atoms with van der Waals surface area (Å²) >= 11 is 1.32. The Hall–Kier alpha value is -1.83. The zero-order valence-electron chi connectivity index (χ0n) is 10.1. The number of hydrogen-bond acceptors (Lipinski definition) is 7. The lowest BCUT2D eigenvalue weighted by Crippen LogP contribution is -2.08. The SMILES string of the molecule is O=Cc1cnc(Sc2nnnn2C2CCCC2)nc1. The summed E-state index contributed by atoms with van der Waals surface area (Å²) in [5.41, 5.74) is 0.458. The fraction of sp³-hybridized carbons (Fsp3) is 0.455. The zero-order valence-corrected chi connectivity index (χ0v) is 11.0. The third kappa shape index (κ3) is 2.62. The Morgan fingerprint density at radius 2 is 2.00 bits per heavy atom. The summed E-state index contributed by atoms with van der Waals surface area (Å²) in [5.74, 6) is 0. The quantitative estimate of drug-likeness (QED) is 0.618. The van der Waals surface area contributed by atoms with Crippen LogP contribution in [0.15, 0.2) is 22.7 Å². The number of hydrogen-bond donors (Lipinski definition) is 0. The second-order valence-corrected chi connectivity index (χ2v) is 5.30. The van der Waals surface area contributed by atoms with E-state index in [4.69, 9.17) is 0 Å². The highest BCUT2D eigenvalue weighted by atomic mass is 32.2. The number of nitrogens with zero attached hydrogens (tertiary/aromatic N) is 6. The van der Waals surface area contributed by atoms with Gasteiger partial charge in [0.15, 0.2) is 11.4 Å². The van der Waals surface area contributed by atoms with Crippen LogP contribution < -0.4 is 0 Å². The molecule has 1 aliphatic rings. The summed E-state index contributed by atoms with van der Waals surface area (Å²) in [4.78, 5) is 18.7. The van der Waals surface area contributed by atoms with Gasteiger partial charge in [0.2, 0.25) is 5.16 Å². The van der Waals surface area contributed by atoms with Crippen LogP contribution in [0.1, 0.15) is 42.1 Å². The number of carbonyl (C=O) groups excluding carboxylic acids is 1. The first-order valence-electron chi connectivity index (χ1n) is 6.10. The lowest BCUT2D eigenvalue weighted by atomic mass is 10.3.